The maximum absolute atomic E-state index is 13.9. The van der Waals surface area contributed by atoms with E-state index in [1.54, 1.807) is 48.0 Å². The lowest BCUT2D eigenvalue weighted by atomic mass is 9.86. The van der Waals surface area contributed by atoms with Crippen LogP contribution >= 0.6 is 0 Å². The minimum atomic E-state index is -0.736. The molecule has 0 saturated heterocycles. The second-order valence-corrected chi connectivity index (χ2v) is 13.7. The third kappa shape index (κ3) is 7.17. The van der Waals surface area contributed by atoms with Crippen molar-refractivity contribution in [1.82, 2.24) is 9.97 Å². The van der Waals surface area contributed by atoms with Crippen molar-refractivity contribution in [2.45, 2.75) is 78.4 Å². The summed E-state index contributed by atoms with van der Waals surface area (Å²) in [7, 11) is 3.22. The van der Waals surface area contributed by atoms with E-state index < -0.39 is 34.9 Å². The Morgan fingerprint density at radius 2 is 1.71 bits per heavy atom. The van der Waals surface area contributed by atoms with Crippen LogP contribution in [0.15, 0.2) is 49.1 Å². The number of ketones is 1. The van der Waals surface area contributed by atoms with E-state index in [0.29, 0.717) is 53.4 Å². The number of allylic oxidation sites excluding steroid dienone is 1. The Labute approximate surface area is 282 Å². The first kappa shape index (κ1) is 34.9. The number of benzene rings is 2. The molecule has 10 nitrogen and oxygen atoms in total. The van der Waals surface area contributed by atoms with Gasteiger partial charge in [0.1, 0.15) is 29.0 Å². The number of carbonyl (C=O) groups is 3. The normalized spacial score (nSPS) is 23.3. The summed E-state index contributed by atoms with van der Waals surface area (Å²) in [5.41, 5.74) is 0.806. The van der Waals surface area contributed by atoms with Crippen LogP contribution in [0.4, 0.5) is 0 Å². The van der Waals surface area contributed by atoms with Crippen LogP contribution in [0.2, 0.25) is 0 Å². The Kier molecular flexibility index (Phi) is 10.1. The smallest absolute Gasteiger partial charge is 0.312 e. The number of ether oxygens (including phenoxy) is 5. The van der Waals surface area contributed by atoms with Crippen molar-refractivity contribution in [3.8, 4) is 28.8 Å². The van der Waals surface area contributed by atoms with Crippen molar-refractivity contribution in [2.24, 2.45) is 23.2 Å². The van der Waals surface area contributed by atoms with Crippen molar-refractivity contribution < 1.29 is 38.1 Å². The van der Waals surface area contributed by atoms with Crippen molar-refractivity contribution in [3.05, 3.63) is 54.6 Å². The molecule has 10 heteroatoms. The topological polar surface area (TPSA) is 123 Å². The van der Waals surface area contributed by atoms with Gasteiger partial charge < -0.3 is 23.7 Å². The van der Waals surface area contributed by atoms with Gasteiger partial charge in [-0.25, -0.2) is 4.98 Å². The molecule has 0 bridgehead atoms. The van der Waals surface area contributed by atoms with Crippen LogP contribution in [-0.4, -0.2) is 60.2 Å². The van der Waals surface area contributed by atoms with Crippen molar-refractivity contribution in [1.29, 1.82) is 0 Å². The van der Waals surface area contributed by atoms with E-state index in [0.717, 1.165) is 11.1 Å². The Hall–Kier alpha value is -4.47. The summed E-state index contributed by atoms with van der Waals surface area (Å²) in [6.07, 6.45) is 2.93. The zero-order valence-corrected chi connectivity index (χ0v) is 29.0. The number of aryl methyl sites for hydroxylation is 1. The molecule has 3 aromatic rings. The minimum absolute atomic E-state index is 0.0290. The fourth-order valence-electron chi connectivity index (χ4n) is 6.78. The van der Waals surface area contributed by atoms with Gasteiger partial charge in [0.25, 0.3) is 0 Å². The van der Waals surface area contributed by atoms with Crippen LogP contribution in [0, 0.1) is 30.1 Å². The van der Waals surface area contributed by atoms with Gasteiger partial charge in [0.2, 0.25) is 5.88 Å². The van der Waals surface area contributed by atoms with Gasteiger partial charge in [0.05, 0.1) is 43.1 Å². The highest BCUT2D eigenvalue weighted by Gasteiger charge is 2.59. The molecule has 0 spiro atoms. The molecular formula is C38H46N2O8. The van der Waals surface area contributed by atoms with Gasteiger partial charge in [0, 0.05) is 23.5 Å². The zero-order valence-electron chi connectivity index (χ0n) is 29.0. The number of hydrogen-bond donors (Lipinski definition) is 0. The Morgan fingerprint density at radius 1 is 1.00 bits per heavy atom. The monoisotopic (exact) mass is 658 g/mol. The first-order chi connectivity index (χ1) is 22.8. The van der Waals surface area contributed by atoms with E-state index in [9.17, 15) is 14.4 Å². The van der Waals surface area contributed by atoms with Crippen molar-refractivity contribution in [2.75, 3.05) is 20.8 Å². The van der Waals surface area contributed by atoms with Crippen molar-refractivity contribution in [3.63, 3.8) is 0 Å². The summed E-state index contributed by atoms with van der Waals surface area (Å²) >= 11 is 0. The number of rotatable bonds is 13. The van der Waals surface area contributed by atoms with Gasteiger partial charge in [-0.05, 0) is 103 Å². The molecule has 5 rings (SSSR count). The number of Topliss-reactive ketones (excluding diaryl/α,β-unsaturated/α-hetero) is 1. The number of carbonyl (C=O) groups excluding carboxylic acids is 3. The van der Waals surface area contributed by atoms with Gasteiger partial charge in [-0.3, -0.25) is 14.4 Å². The number of hydrogen-bond acceptors (Lipinski definition) is 10. The van der Waals surface area contributed by atoms with Crippen LogP contribution in [0.5, 0.6) is 17.4 Å². The summed E-state index contributed by atoms with van der Waals surface area (Å²) < 4.78 is 28.6. The molecule has 1 aromatic heterocycles. The van der Waals surface area contributed by atoms with E-state index in [2.05, 4.69) is 6.58 Å². The largest absolute Gasteiger partial charge is 0.497 e. The lowest BCUT2D eigenvalue weighted by Gasteiger charge is -2.24. The van der Waals surface area contributed by atoms with E-state index in [-0.39, 0.29) is 37.1 Å². The van der Waals surface area contributed by atoms with Gasteiger partial charge in [-0.1, -0.05) is 6.08 Å². The molecule has 2 fully saturated rings. The summed E-state index contributed by atoms with van der Waals surface area (Å²) in [5, 5.41) is 0.690. The third-order valence-corrected chi connectivity index (χ3v) is 9.44. The average Bonchev–Trinajstić information content (AvgIpc) is 3.64. The maximum atomic E-state index is 13.9. The third-order valence-electron chi connectivity index (χ3n) is 9.44. The SMILES string of the molecule is C=C[C@@H]1C[C@]1(CCC(=O)[C@@H]1C[C@@H](Oc2nc(-c3ccc(OC)cc3)nc3c(C)c(OC)ccc23)C[C@H]1C(=O)OC(C)(C)C)C(=O)OCC. The second-order valence-electron chi connectivity index (χ2n) is 13.7. The van der Waals surface area contributed by atoms with Crippen LogP contribution in [0.1, 0.15) is 65.4 Å². The predicted molar refractivity (Wildman–Crippen MR) is 181 cm³/mol. The zero-order chi connectivity index (χ0) is 34.8. The molecule has 2 aliphatic carbocycles. The lowest BCUT2D eigenvalue weighted by molar-refractivity contribution is -0.163. The number of methoxy groups -OCH3 is 2. The minimum Gasteiger partial charge on any atom is -0.497 e. The fraction of sp³-hybridized carbons (Fsp3) is 0.500. The molecule has 2 aromatic carbocycles. The predicted octanol–water partition coefficient (Wildman–Crippen LogP) is 6.84. The summed E-state index contributed by atoms with van der Waals surface area (Å²) in [4.78, 5) is 50.0. The van der Waals surface area contributed by atoms with E-state index >= 15 is 0 Å². The summed E-state index contributed by atoms with van der Waals surface area (Å²) in [5.74, 6) is -0.00337. The Balaban J connectivity index is 1.45. The maximum Gasteiger partial charge on any atom is 0.312 e. The molecule has 5 atom stereocenters. The standard InChI is InChI=1S/C38H46N2O8/c1-9-24-21-38(24,36(43)46-10-2)18-17-30(41)28-19-26(20-29(28)35(42)48-37(4,5)6)47-34-27-15-16-31(45-8)22(3)32(27)39-33(40-34)23-11-13-25(44-7)14-12-23/h9,11-16,24,26,28-29H,1,10,17-21H2,2-8H3/t24-,26-,28-,29-,38+/m1/s1. The fourth-order valence-corrected chi connectivity index (χ4v) is 6.78. The van der Waals surface area contributed by atoms with Gasteiger partial charge in [0.15, 0.2) is 5.82 Å². The molecular weight excluding hydrogens is 612 g/mol. The van der Waals surface area contributed by atoms with E-state index in [1.165, 1.54) is 0 Å². The molecule has 0 unspecified atom stereocenters. The molecule has 0 aliphatic heterocycles. The molecule has 256 valence electrons. The first-order valence-electron chi connectivity index (χ1n) is 16.6. The summed E-state index contributed by atoms with van der Waals surface area (Å²) in [6, 6.07) is 11.1. The highest BCUT2D eigenvalue weighted by molar-refractivity contribution is 5.90. The van der Waals surface area contributed by atoms with Crippen LogP contribution in [0.3, 0.4) is 0 Å². The molecule has 1 heterocycles. The van der Waals surface area contributed by atoms with Gasteiger partial charge in [-0.2, -0.15) is 4.98 Å². The second kappa shape index (κ2) is 13.9. The number of esters is 2. The highest BCUT2D eigenvalue weighted by Crippen LogP contribution is 2.57. The highest BCUT2D eigenvalue weighted by atomic mass is 16.6. The van der Waals surface area contributed by atoms with Crippen LogP contribution in [-0.2, 0) is 23.9 Å². The average molecular weight is 659 g/mol. The van der Waals surface area contributed by atoms with Gasteiger partial charge in [-0.15, -0.1) is 6.58 Å². The molecule has 48 heavy (non-hydrogen) atoms. The number of nitrogens with zero attached hydrogens (tertiary/aromatic N) is 2. The molecule has 2 saturated carbocycles. The Bertz CT molecular complexity index is 1700. The molecule has 2 aliphatic rings. The molecule has 0 amide bonds. The summed E-state index contributed by atoms with van der Waals surface area (Å²) in [6.45, 7) is 13.2. The van der Waals surface area contributed by atoms with Crippen LogP contribution < -0.4 is 14.2 Å². The van der Waals surface area contributed by atoms with Gasteiger partial charge >= 0.3 is 11.9 Å². The lowest BCUT2D eigenvalue weighted by Crippen LogP contribution is -2.33. The quantitative estimate of drug-likeness (QED) is 0.142. The van der Waals surface area contributed by atoms with E-state index in [4.69, 9.17) is 33.7 Å². The number of fused-ring (bicyclic) bond motifs is 1. The molecule has 0 radical (unpaired) electrons. The van der Waals surface area contributed by atoms with Crippen LogP contribution in [0.25, 0.3) is 22.3 Å². The van der Waals surface area contributed by atoms with E-state index in [1.807, 2.05) is 43.3 Å². The first-order valence-corrected chi connectivity index (χ1v) is 16.6. The Morgan fingerprint density at radius 3 is 2.31 bits per heavy atom. The number of aromatic nitrogens is 2. The molecule has 0 N–H and O–H groups in total. The van der Waals surface area contributed by atoms with Crippen molar-refractivity contribution >= 4 is 28.6 Å².